The van der Waals surface area contributed by atoms with Gasteiger partial charge in [-0.3, -0.25) is 14.7 Å². The number of nitrogens with zero attached hydrogens (tertiary/aromatic N) is 2. The molecule has 204 valence electrons. The predicted molar refractivity (Wildman–Crippen MR) is 146 cm³/mol. The van der Waals surface area contributed by atoms with Gasteiger partial charge in [0.05, 0.1) is 18.2 Å². The molecule has 6 rings (SSSR count). The van der Waals surface area contributed by atoms with Gasteiger partial charge in [0.15, 0.2) is 0 Å². The predicted octanol–water partition coefficient (Wildman–Crippen LogP) is 5.89. The molecular weight excluding hydrogens is 495 g/mol. The van der Waals surface area contributed by atoms with Gasteiger partial charge in [-0.25, -0.2) is 4.39 Å². The number of pyridine rings is 1. The lowest BCUT2D eigenvalue weighted by atomic mass is 9.91. The van der Waals surface area contributed by atoms with Gasteiger partial charge in [0, 0.05) is 37.0 Å². The SMILES string of the molecule is Cc1cc(-c2ccc(C3CCc4ccc(CC(C)C(=O)O)cc4O3)cc2CN2CCC3OCCC32)c(F)cn1. The number of benzene rings is 2. The number of aromatic nitrogens is 1. The monoisotopic (exact) mass is 530 g/mol. The van der Waals surface area contributed by atoms with Crippen LogP contribution in [-0.2, 0) is 28.9 Å². The van der Waals surface area contributed by atoms with Crippen molar-refractivity contribution in [3.63, 3.8) is 0 Å². The lowest BCUT2D eigenvalue weighted by molar-refractivity contribution is -0.141. The number of rotatable bonds is 7. The van der Waals surface area contributed by atoms with Crippen LogP contribution in [0.4, 0.5) is 4.39 Å². The zero-order chi connectivity index (χ0) is 27.1. The van der Waals surface area contributed by atoms with Gasteiger partial charge < -0.3 is 14.6 Å². The van der Waals surface area contributed by atoms with Gasteiger partial charge in [-0.15, -0.1) is 0 Å². The third-order valence-corrected chi connectivity index (χ3v) is 8.54. The smallest absolute Gasteiger partial charge is 0.306 e. The number of carboxylic acids is 1. The molecule has 0 amide bonds. The fourth-order valence-electron chi connectivity index (χ4n) is 6.38. The topological polar surface area (TPSA) is 71.9 Å². The van der Waals surface area contributed by atoms with Crippen molar-refractivity contribution in [1.82, 2.24) is 9.88 Å². The van der Waals surface area contributed by atoms with Crippen LogP contribution in [0.15, 0.2) is 48.7 Å². The number of likely N-dealkylation sites (tertiary alicyclic amines) is 1. The van der Waals surface area contributed by atoms with E-state index in [0.29, 0.717) is 24.1 Å². The van der Waals surface area contributed by atoms with Crippen LogP contribution in [-0.4, -0.2) is 46.3 Å². The van der Waals surface area contributed by atoms with E-state index in [1.54, 1.807) is 6.92 Å². The minimum absolute atomic E-state index is 0.123. The first-order chi connectivity index (χ1) is 18.9. The summed E-state index contributed by atoms with van der Waals surface area (Å²) in [4.78, 5) is 18.0. The normalized spacial score (nSPS) is 23.2. The second kappa shape index (κ2) is 10.7. The van der Waals surface area contributed by atoms with Crippen molar-refractivity contribution >= 4 is 5.97 Å². The molecule has 0 aliphatic carbocycles. The van der Waals surface area contributed by atoms with E-state index < -0.39 is 11.9 Å². The summed E-state index contributed by atoms with van der Waals surface area (Å²) in [5, 5.41) is 9.32. The largest absolute Gasteiger partial charge is 0.485 e. The molecule has 1 N–H and O–H groups in total. The van der Waals surface area contributed by atoms with Crippen LogP contribution in [0, 0.1) is 18.7 Å². The van der Waals surface area contributed by atoms with Crippen LogP contribution in [0.5, 0.6) is 5.75 Å². The van der Waals surface area contributed by atoms with Crippen LogP contribution < -0.4 is 4.74 Å². The highest BCUT2D eigenvalue weighted by Gasteiger charge is 2.38. The first kappa shape index (κ1) is 26.0. The number of ether oxygens (including phenoxy) is 2. The second-order valence-corrected chi connectivity index (χ2v) is 11.3. The number of carbonyl (C=O) groups is 1. The van der Waals surface area contributed by atoms with Crippen molar-refractivity contribution in [1.29, 1.82) is 0 Å². The molecule has 1 aromatic heterocycles. The van der Waals surface area contributed by atoms with E-state index in [0.717, 1.165) is 84.6 Å². The Bertz CT molecular complexity index is 1390. The van der Waals surface area contributed by atoms with Crippen molar-refractivity contribution in [3.8, 4) is 16.9 Å². The molecule has 3 aliphatic rings. The van der Waals surface area contributed by atoms with Gasteiger partial charge in [-0.05, 0) is 79.0 Å². The molecule has 4 heterocycles. The Hall–Kier alpha value is -3.29. The van der Waals surface area contributed by atoms with E-state index in [9.17, 15) is 9.90 Å². The zero-order valence-corrected chi connectivity index (χ0v) is 22.5. The number of fused-ring (bicyclic) bond motifs is 2. The summed E-state index contributed by atoms with van der Waals surface area (Å²) in [5.74, 6) is -0.740. The van der Waals surface area contributed by atoms with Gasteiger partial charge in [-0.1, -0.05) is 37.3 Å². The minimum Gasteiger partial charge on any atom is -0.485 e. The highest BCUT2D eigenvalue weighted by Crippen LogP contribution is 2.39. The maximum Gasteiger partial charge on any atom is 0.306 e. The maximum atomic E-state index is 15.0. The third kappa shape index (κ3) is 5.30. The van der Waals surface area contributed by atoms with Gasteiger partial charge in [0.25, 0.3) is 0 Å². The molecule has 7 heteroatoms. The lowest BCUT2D eigenvalue weighted by Gasteiger charge is -2.29. The summed E-state index contributed by atoms with van der Waals surface area (Å²) >= 11 is 0. The van der Waals surface area contributed by atoms with E-state index in [-0.39, 0.29) is 11.9 Å². The molecule has 0 radical (unpaired) electrons. The maximum absolute atomic E-state index is 15.0. The zero-order valence-electron chi connectivity index (χ0n) is 22.5. The standard InChI is InChI=1S/C32H35FN2O4/c1-19(32(36)37)13-21-3-4-22-6-8-29(39-31(22)15-21)23-5-7-25(26-14-20(2)34-17-27(26)33)24(16-23)18-35-11-9-30-28(35)10-12-38-30/h3-5,7,14-17,19,28-30H,6,8-13,18H2,1-2H3,(H,36,37). The van der Waals surface area contributed by atoms with Crippen LogP contribution >= 0.6 is 0 Å². The van der Waals surface area contributed by atoms with Crippen molar-refractivity contribution in [2.45, 2.75) is 70.7 Å². The Morgan fingerprint density at radius 2 is 2.03 bits per heavy atom. The molecule has 0 saturated carbocycles. The third-order valence-electron chi connectivity index (χ3n) is 8.54. The molecule has 6 nitrogen and oxygen atoms in total. The molecular formula is C32H35FN2O4. The first-order valence-electron chi connectivity index (χ1n) is 14.0. The molecule has 2 aromatic carbocycles. The summed E-state index contributed by atoms with van der Waals surface area (Å²) in [5.41, 5.74) is 6.53. The summed E-state index contributed by atoms with van der Waals surface area (Å²) in [6.45, 7) is 6.12. The number of aliphatic carboxylic acids is 1. The van der Waals surface area contributed by atoms with Crippen LogP contribution in [0.2, 0.25) is 0 Å². The van der Waals surface area contributed by atoms with Crippen LogP contribution in [0.1, 0.15) is 60.2 Å². The second-order valence-electron chi connectivity index (χ2n) is 11.3. The van der Waals surface area contributed by atoms with E-state index in [2.05, 4.69) is 28.1 Å². The fourth-order valence-corrected chi connectivity index (χ4v) is 6.38. The van der Waals surface area contributed by atoms with Gasteiger partial charge in [-0.2, -0.15) is 0 Å². The number of carboxylic acid groups (broad SMARTS) is 1. The molecule has 4 atom stereocenters. The first-order valence-corrected chi connectivity index (χ1v) is 14.0. The molecule has 0 bridgehead atoms. The van der Waals surface area contributed by atoms with Crippen molar-refractivity contribution in [3.05, 3.63) is 82.4 Å². The van der Waals surface area contributed by atoms with E-state index >= 15 is 4.39 Å². The Balaban J connectivity index is 1.31. The Morgan fingerprint density at radius 1 is 1.15 bits per heavy atom. The fraction of sp³-hybridized carbons (Fsp3) is 0.438. The van der Waals surface area contributed by atoms with Gasteiger partial charge >= 0.3 is 5.97 Å². The highest BCUT2D eigenvalue weighted by molar-refractivity contribution is 5.70. The number of hydrogen-bond acceptors (Lipinski definition) is 5. The Kier molecular flexibility index (Phi) is 7.12. The van der Waals surface area contributed by atoms with E-state index in [1.807, 2.05) is 31.2 Å². The van der Waals surface area contributed by atoms with Gasteiger partial charge in [0.2, 0.25) is 0 Å². The van der Waals surface area contributed by atoms with Crippen LogP contribution in [0.3, 0.4) is 0 Å². The average Bonchev–Trinajstić information content (AvgIpc) is 3.55. The van der Waals surface area contributed by atoms with Crippen molar-refractivity contribution < 1.29 is 23.8 Å². The minimum atomic E-state index is -0.798. The quantitative estimate of drug-likeness (QED) is 0.411. The summed E-state index contributed by atoms with van der Waals surface area (Å²) in [7, 11) is 0. The lowest BCUT2D eigenvalue weighted by Crippen LogP contribution is -2.31. The van der Waals surface area contributed by atoms with Crippen molar-refractivity contribution in [2.75, 3.05) is 13.2 Å². The molecule has 2 fully saturated rings. The molecule has 3 aromatic rings. The van der Waals surface area contributed by atoms with Gasteiger partial charge in [0.1, 0.15) is 17.7 Å². The number of halogens is 1. The van der Waals surface area contributed by atoms with Crippen molar-refractivity contribution in [2.24, 2.45) is 5.92 Å². The molecule has 39 heavy (non-hydrogen) atoms. The molecule has 0 spiro atoms. The van der Waals surface area contributed by atoms with E-state index in [1.165, 1.54) is 6.20 Å². The summed E-state index contributed by atoms with van der Waals surface area (Å²) in [6.07, 6.45) is 5.76. The number of aryl methyl sites for hydroxylation is 2. The Morgan fingerprint density at radius 3 is 2.87 bits per heavy atom. The number of hydrogen-bond donors (Lipinski definition) is 1. The molecule has 3 aliphatic heterocycles. The summed E-state index contributed by atoms with van der Waals surface area (Å²) in [6, 6.07) is 14.6. The molecule has 4 unspecified atom stereocenters. The summed E-state index contributed by atoms with van der Waals surface area (Å²) < 4.78 is 27.5. The Labute approximate surface area is 228 Å². The van der Waals surface area contributed by atoms with E-state index in [4.69, 9.17) is 9.47 Å². The average molecular weight is 531 g/mol. The molecule has 2 saturated heterocycles. The highest BCUT2D eigenvalue weighted by atomic mass is 19.1. The van der Waals surface area contributed by atoms with Crippen LogP contribution in [0.25, 0.3) is 11.1 Å².